The van der Waals surface area contributed by atoms with E-state index >= 15 is 0 Å². The second-order valence-corrected chi connectivity index (χ2v) is 7.42. The SMILES string of the molecule is CC(NCCCNC(=O)c1ccc(Cl)o1)C1=Cc2cc(Br)ccc2C1. The van der Waals surface area contributed by atoms with Gasteiger partial charge in [0.25, 0.3) is 5.91 Å². The smallest absolute Gasteiger partial charge is 0.287 e. The van der Waals surface area contributed by atoms with Crippen LogP contribution in [0.4, 0.5) is 0 Å². The largest absolute Gasteiger partial charge is 0.440 e. The Hall–Kier alpha value is -1.56. The Balaban J connectivity index is 1.38. The van der Waals surface area contributed by atoms with Gasteiger partial charge in [-0.25, -0.2) is 0 Å². The van der Waals surface area contributed by atoms with Crippen molar-refractivity contribution in [2.24, 2.45) is 0 Å². The van der Waals surface area contributed by atoms with Crippen LogP contribution >= 0.6 is 27.5 Å². The third kappa shape index (κ3) is 4.75. The van der Waals surface area contributed by atoms with Crippen LogP contribution in [-0.4, -0.2) is 25.0 Å². The molecule has 0 bridgehead atoms. The maximum Gasteiger partial charge on any atom is 0.287 e. The molecule has 6 heteroatoms. The Morgan fingerprint density at radius 3 is 2.92 bits per heavy atom. The fraction of sp³-hybridized carbons (Fsp3) is 0.316. The van der Waals surface area contributed by atoms with Crippen molar-refractivity contribution < 1.29 is 9.21 Å². The van der Waals surface area contributed by atoms with Gasteiger partial charge >= 0.3 is 0 Å². The van der Waals surface area contributed by atoms with Gasteiger partial charge in [0, 0.05) is 17.1 Å². The molecule has 1 heterocycles. The lowest BCUT2D eigenvalue weighted by Gasteiger charge is -2.15. The molecule has 1 aromatic heterocycles. The van der Waals surface area contributed by atoms with E-state index in [1.165, 1.54) is 16.7 Å². The Labute approximate surface area is 160 Å². The average Bonchev–Trinajstić information content (AvgIpc) is 3.20. The molecule has 2 aromatic rings. The fourth-order valence-electron chi connectivity index (χ4n) is 2.87. The number of hydrogen-bond donors (Lipinski definition) is 2. The molecule has 0 saturated carbocycles. The lowest BCUT2D eigenvalue weighted by Crippen LogP contribution is -2.32. The number of amides is 1. The first-order valence-electron chi connectivity index (χ1n) is 8.29. The molecular formula is C19H20BrClN2O2. The van der Waals surface area contributed by atoms with Gasteiger partial charge in [-0.15, -0.1) is 0 Å². The predicted octanol–water partition coefficient (Wildman–Crippen LogP) is 4.43. The van der Waals surface area contributed by atoms with Crippen molar-refractivity contribution in [2.75, 3.05) is 13.1 Å². The monoisotopic (exact) mass is 422 g/mol. The lowest BCUT2D eigenvalue weighted by molar-refractivity contribution is 0.0925. The second-order valence-electron chi connectivity index (χ2n) is 6.13. The molecule has 3 rings (SSSR count). The summed E-state index contributed by atoms with van der Waals surface area (Å²) in [6, 6.07) is 9.86. The van der Waals surface area contributed by atoms with E-state index in [1.54, 1.807) is 12.1 Å². The molecule has 25 heavy (non-hydrogen) atoms. The van der Waals surface area contributed by atoms with Gasteiger partial charge in [-0.3, -0.25) is 4.79 Å². The minimum atomic E-state index is -0.237. The number of hydrogen-bond acceptors (Lipinski definition) is 3. The lowest BCUT2D eigenvalue weighted by atomic mass is 10.1. The van der Waals surface area contributed by atoms with Crippen LogP contribution in [0, 0.1) is 0 Å². The van der Waals surface area contributed by atoms with E-state index in [9.17, 15) is 4.79 Å². The zero-order chi connectivity index (χ0) is 17.8. The summed E-state index contributed by atoms with van der Waals surface area (Å²) in [6.07, 6.45) is 4.10. The molecule has 0 fully saturated rings. The first-order chi connectivity index (χ1) is 12.0. The minimum Gasteiger partial charge on any atom is -0.440 e. The zero-order valence-corrected chi connectivity index (χ0v) is 16.3. The Bertz CT molecular complexity index is 800. The van der Waals surface area contributed by atoms with E-state index in [2.05, 4.69) is 57.8 Å². The molecule has 0 spiro atoms. The van der Waals surface area contributed by atoms with Gasteiger partial charge in [0.1, 0.15) is 0 Å². The highest BCUT2D eigenvalue weighted by Gasteiger charge is 2.17. The molecule has 1 atom stereocenters. The molecule has 0 radical (unpaired) electrons. The molecule has 1 unspecified atom stereocenters. The topological polar surface area (TPSA) is 54.3 Å². The van der Waals surface area contributed by atoms with Crippen LogP contribution in [0.25, 0.3) is 6.08 Å². The molecule has 2 N–H and O–H groups in total. The Kier molecular flexibility index (Phi) is 5.99. The Morgan fingerprint density at radius 2 is 2.16 bits per heavy atom. The van der Waals surface area contributed by atoms with Crippen LogP contribution in [0.1, 0.15) is 35.0 Å². The number of carbonyl (C=O) groups excluding carboxylic acids is 1. The van der Waals surface area contributed by atoms with E-state index < -0.39 is 0 Å². The van der Waals surface area contributed by atoms with E-state index in [0.717, 1.165) is 23.9 Å². The van der Waals surface area contributed by atoms with Crippen molar-refractivity contribution in [3.8, 4) is 0 Å². The maximum atomic E-state index is 11.8. The van der Waals surface area contributed by atoms with Gasteiger partial charge < -0.3 is 15.1 Å². The fourth-order valence-corrected chi connectivity index (χ4v) is 3.40. The molecule has 0 saturated heterocycles. The van der Waals surface area contributed by atoms with E-state index in [1.807, 2.05) is 0 Å². The summed E-state index contributed by atoms with van der Waals surface area (Å²) in [5.74, 6) is 0.00541. The molecule has 132 valence electrons. The number of halogens is 2. The first-order valence-corrected chi connectivity index (χ1v) is 9.46. The summed E-state index contributed by atoms with van der Waals surface area (Å²) < 4.78 is 6.18. The van der Waals surface area contributed by atoms with Crippen LogP contribution in [0.3, 0.4) is 0 Å². The second kappa shape index (κ2) is 8.21. The molecule has 0 aliphatic heterocycles. The van der Waals surface area contributed by atoms with E-state index in [-0.39, 0.29) is 16.9 Å². The molecular weight excluding hydrogens is 404 g/mol. The third-order valence-electron chi connectivity index (χ3n) is 4.29. The van der Waals surface area contributed by atoms with Crippen LogP contribution in [0.15, 0.2) is 44.8 Å². The highest BCUT2D eigenvalue weighted by Crippen LogP contribution is 2.29. The van der Waals surface area contributed by atoms with Gasteiger partial charge in [-0.2, -0.15) is 0 Å². The summed E-state index contributed by atoms with van der Waals surface area (Å²) in [4.78, 5) is 11.8. The normalized spacial score (nSPS) is 14.1. The molecule has 1 aromatic carbocycles. The van der Waals surface area contributed by atoms with Crippen molar-refractivity contribution in [3.63, 3.8) is 0 Å². The summed E-state index contributed by atoms with van der Waals surface area (Å²) >= 11 is 9.18. The number of rotatable bonds is 7. The van der Waals surface area contributed by atoms with Crippen molar-refractivity contribution in [3.05, 3.63) is 62.5 Å². The summed E-state index contributed by atoms with van der Waals surface area (Å²) in [5.41, 5.74) is 4.06. The van der Waals surface area contributed by atoms with Crippen LogP contribution in [-0.2, 0) is 6.42 Å². The predicted molar refractivity (Wildman–Crippen MR) is 104 cm³/mol. The van der Waals surface area contributed by atoms with Crippen molar-refractivity contribution in [1.82, 2.24) is 10.6 Å². The van der Waals surface area contributed by atoms with Crippen LogP contribution < -0.4 is 10.6 Å². The minimum absolute atomic E-state index is 0.221. The van der Waals surface area contributed by atoms with Gasteiger partial charge in [-0.05, 0) is 78.9 Å². The van der Waals surface area contributed by atoms with E-state index in [4.69, 9.17) is 16.0 Å². The maximum absolute atomic E-state index is 11.8. The Morgan fingerprint density at radius 1 is 1.32 bits per heavy atom. The standard InChI is InChI=1S/C19H20BrClN2O2/c1-12(14-9-13-3-4-16(20)11-15(13)10-14)22-7-2-8-23-19(24)17-5-6-18(21)25-17/h3-6,10-12,22H,2,7-9H2,1H3,(H,23,24). The third-order valence-corrected chi connectivity index (χ3v) is 4.98. The van der Waals surface area contributed by atoms with Gasteiger partial charge in [0.05, 0.1) is 0 Å². The van der Waals surface area contributed by atoms with Crippen molar-refractivity contribution >= 4 is 39.5 Å². The number of benzene rings is 1. The van der Waals surface area contributed by atoms with Crippen molar-refractivity contribution in [1.29, 1.82) is 0 Å². The van der Waals surface area contributed by atoms with Crippen molar-refractivity contribution in [2.45, 2.75) is 25.8 Å². The summed E-state index contributed by atoms with van der Waals surface area (Å²) in [7, 11) is 0. The summed E-state index contributed by atoms with van der Waals surface area (Å²) in [6.45, 7) is 3.59. The van der Waals surface area contributed by atoms with Crippen LogP contribution in [0.2, 0.25) is 5.22 Å². The van der Waals surface area contributed by atoms with Gasteiger partial charge in [0.15, 0.2) is 11.0 Å². The average molecular weight is 424 g/mol. The number of carbonyl (C=O) groups is 1. The quantitative estimate of drug-likeness (QED) is 0.648. The highest BCUT2D eigenvalue weighted by atomic mass is 79.9. The number of furan rings is 1. The summed E-state index contributed by atoms with van der Waals surface area (Å²) in [5, 5.41) is 6.56. The van der Waals surface area contributed by atoms with Gasteiger partial charge in [0.2, 0.25) is 0 Å². The number of nitrogens with one attached hydrogen (secondary N) is 2. The molecule has 1 aliphatic rings. The van der Waals surface area contributed by atoms with E-state index in [0.29, 0.717) is 12.6 Å². The van der Waals surface area contributed by atoms with Crippen LogP contribution in [0.5, 0.6) is 0 Å². The molecule has 4 nitrogen and oxygen atoms in total. The molecule has 1 amide bonds. The van der Waals surface area contributed by atoms with Gasteiger partial charge in [-0.1, -0.05) is 28.1 Å². The first kappa shape index (κ1) is 18.2. The number of fused-ring (bicyclic) bond motifs is 1. The zero-order valence-electron chi connectivity index (χ0n) is 13.9. The molecule has 1 aliphatic carbocycles. The highest BCUT2D eigenvalue weighted by molar-refractivity contribution is 9.10.